The van der Waals surface area contributed by atoms with Gasteiger partial charge in [-0.1, -0.05) is 30.3 Å². The second kappa shape index (κ2) is 8.22. The molecule has 4 rings (SSSR count). The second-order valence-electron chi connectivity index (χ2n) is 7.02. The van der Waals surface area contributed by atoms with Crippen LogP contribution in [-0.2, 0) is 21.2 Å². The van der Waals surface area contributed by atoms with E-state index >= 15 is 0 Å². The minimum Gasteiger partial charge on any atom is -0.495 e. The number of nitrogens with zero attached hydrogens (tertiary/aromatic N) is 1. The molecule has 0 fully saturated rings. The summed E-state index contributed by atoms with van der Waals surface area (Å²) in [7, 11) is -2.36. The number of fused-ring (bicyclic) bond motifs is 1. The Labute approximate surface area is 180 Å². The number of sulfonamides is 1. The maximum Gasteiger partial charge on any atom is 0.244 e. The Bertz CT molecular complexity index is 1170. The van der Waals surface area contributed by atoms with Gasteiger partial charge >= 0.3 is 0 Å². The Hall–Kier alpha value is -2.68. The normalized spacial score (nSPS) is 16.7. The third-order valence-corrected chi connectivity index (χ3v) is 7.98. The standard InChI is InChI=1S/C22H22N2O4S2/c1-15(25)23-19-14-17(8-9-20(19)28-2)30(26,27)24-12-10-21-18(11-13-29-21)22(24)16-6-4-3-5-7-16/h3-9,11,13-14,22H,10,12H2,1-2H3,(H,23,25). The molecule has 1 N–H and O–H groups in total. The molecule has 1 aliphatic heterocycles. The van der Waals surface area contributed by atoms with Crippen molar-refractivity contribution in [2.24, 2.45) is 0 Å². The van der Waals surface area contributed by atoms with E-state index in [0.717, 1.165) is 11.1 Å². The Kier molecular flexibility index (Phi) is 5.64. The van der Waals surface area contributed by atoms with Crippen LogP contribution in [0, 0.1) is 0 Å². The molecule has 30 heavy (non-hydrogen) atoms. The summed E-state index contributed by atoms with van der Waals surface area (Å²) in [6.45, 7) is 1.76. The van der Waals surface area contributed by atoms with Crippen LogP contribution in [0.1, 0.15) is 29.0 Å². The highest BCUT2D eigenvalue weighted by Crippen LogP contribution is 2.41. The molecule has 0 aliphatic carbocycles. The lowest BCUT2D eigenvalue weighted by Gasteiger charge is -2.35. The van der Waals surface area contributed by atoms with Gasteiger partial charge in [0, 0.05) is 18.3 Å². The quantitative estimate of drug-likeness (QED) is 0.647. The van der Waals surface area contributed by atoms with Crippen molar-refractivity contribution >= 4 is 33.0 Å². The second-order valence-corrected chi connectivity index (χ2v) is 9.91. The van der Waals surface area contributed by atoms with Crippen molar-refractivity contribution in [2.75, 3.05) is 19.0 Å². The highest BCUT2D eigenvalue weighted by molar-refractivity contribution is 7.89. The highest BCUT2D eigenvalue weighted by atomic mass is 32.2. The van der Waals surface area contributed by atoms with E-state index in [1.54, 1.807) is 21.7 Å². The Morgan fingerprint density at radius 2 is 1.93 bits per heavy atom. The molecule has 2 aromatic carbocycles. The third kappa shape index (κ3) is 3.74. The van der Waals surface area contributed by atoms with Crippen molar-refractivity contribution < 1.29 is 17.9 Å². The predicted octanol–water partition coefficient (Wildman–Crippen LogP) is 4.05. The van der Waals surface area contributed by atoms with E-state index in [0.29, 0.717) is 24.4 Å². The van der Waals surface area contributed by atoms with Crippen molar-refractivity contribution in [3.63, 3.8) is 0 Å². The van der Waals surface area contributed by atoms with Crippen LogP contribution in [-0.4, -0.2) is 32.3 Å². The molecule has 156 valence electrons. The summed E-state index contributed by atoms with van der Waals surface area (Å²) in [4.78, 5) is 12.9. The van der Waals surface area contributed by atoms with Crippen LogP contribution in [0.4, 0.5) is 5.69 Å². The van der Waals surface area contributed by atoms with E-state index in [1.807, 2.05) is 41.8 Å². The lowest BCUT2D eigenvalue weighted by atomic mass is 9.95. The lowest BCUT2D eigenvalue weighted by Crippen LogP contribution is -2.40. The number of anilines is 1. The summed E-state index contributed by atoms with van der Waals surface area (Å²) in [5.74, 6) is 0.105. The maximum absolute atomic E-state index is 13.7. The average molecular weight is 443 g/mol. The molecular formula is C22H22N2O4S2. The van der Waals surface area contributed by atoms with Gasteiger partial charge in [-0.3, -0.25) is 4.79 Å². The van der Waals surface area contributed by atoms with E-state index in [1.165, 1.54) is 31.0 Å². The van der Waals surface area contributed by atoms with Gasteiger partial charge < -0.3 is 10.1 Å². The SMILES string of the molecule is COc1ccc(S(=O)(=O)N2CCc3sccc3C2c2ccccc2)cc1NC(C)=O. The molecule has 8 heteroatoms. The number of nitrogens with one attached hydrogen (secondary N) is 1. The summed E-state index contributed by atoms with van der Waals surface area (Å²) in [5.41, 5.74) is 2.28. The maximum atomic E-state index is 13.7. The van der Waals surface area contributed by atoms with Gasteiger partial charge in [0.25, 0.3) is 0 Å². The number of methoxy groups -OCH3 is 1. The molecule has 0 bridgehead atoms. The first kappa shape index (κ1) is 20.6. The van der Waals surface area contributed by atoms with Gasteiger partial charge in [0.15, 0.2) is 0 Å². The monoisotopic (exact) mass is 442 g/mol. The van der Waals surface area contributed by atoms with Crippen LogP contribution < -0.4 is 10.1 Å². The number of carbonyl (C=O) groups excluding carboxylic acids is 1. The van der Waals surface area contributed by atoms with Crippen LogP contribution in [0.2, 0.25) is 0 Å². The number of benzene rings is 2. The fourth-order valence-electron chi connectivity index (χ4n) is 3.80. The average Bonchev–Trinajstić information content (AvgIpc) is 3.22. The van der Waals surface area contributed by atoms with E-state index in [9.17, 15) is 13.2 Å². The van der Waals surface area contributed by atoms with Crippen molar-refractivity contribution in [1.29, 1.82) is 0 Å². The third-order valence-electron chi connectivity index (χ3n) is 5.13. The molecule has 2 heterocycles. The Morgan fingerprint density at radius 1 is 1.17 bits per heavy atom. The minimum atomic E-state index is -3.83. The molecule has 1 atom stereocenters. The number of amides is 1. The van der Waals surface area contributed by atoms with Gasteiger partial charge in [0.05, 0.1) is 23.7 Å². The number of ether oxygens (including phenoxy) is 1. The van der Waals surface area contributed by atoms with E-state index < -0.39 is 16.1 Å². The Balaban J connectivity index is 1.81. The van der Waals surface area contributed by atoms with Crippen LogP contribution in [0.5, 0.6) is 5.75 Å². The molecule has 0 saturated carbocycles. The first-order valence-electron chi connectivity index (χ1n) is 9.50. The summed E-state index contributed by atoms with van der Waals surface area (Å²) < 4.78 is 34.2. The summed E-state index contributed by atoms with van der Waals surface area (Å²) in [5, 5.41) is 4.66. The zero-order valence-corrected chi connectivity index (χ0v) is 18.3. The molecule has 0 spiro atoms. The van der Waals surface area contributed by atoms with Gasteiger partial charge in [-0.25, -0.2) is 8.42 Å². The zero-order valence-electron chi connectivity index (χ0n) is 16.7. The molecule has 0 saturated heterocycles. The number of hydrogen-bond acceptors (Lipinski definition) is 5. The minimum absolute atomic E-state index is 0.117. The summed E-state index contributed by atoms with van der Waals surface area (Å²) >= 11 is 1.66. The molecule has 1 aliphatic rings. The molecule has 1 unspecified atom stereocenters. The van der Waals surface area contributed by atoms with Gasteiger partial charge in [-0.05, 0) is 47.2 Å². The van der Waals surface area contributed by atoms with Crippen molar-refractivity contribution in [3.8, 4) is 5.75 Å². The number of rotatable bonds is 5. The zero-order chi connectivity index (χ0) is 21.3. The molecule has 3 aromatic rings. The largest absolute Gasteiger partial charge is 0.495 e. The van der Waals surface area contributed by atoms with E-state index in [2.05, 4.69) is 5.32 Å². The summed E-state index contributed by atoms with van der Waals surface area (Å²) in [6, 6.07) is 15.8. The smallest absolute Gasteiger partial charge is 0.244 e. The molecular weight excluding hydrogens is 420 g/mol. The van der Waals surface area contributed by atoms with Crippen molar-refractivity contribution in [2.45, 2.75) is 24.3 Å². The fraction of sp³-hybridized carbons (Fsp3) is 0.227. The molecule has 6 nitrogen and oxygen atoms in total. The van der Waals surface area contributed by atoms with Crippen LogP contribution >= 0.6 is 11.3 Å². The number of carbonyl (C=O) groups is 1. The molecule has 0 radical (unpaired) electrons. The van der Waals surface area contributed by atoms with Crippen molar-refractivity contribution in [1.82, 2.24) is 4.31 Å². The highest BCUT2D eigenvalue weighted by Gasteiger charge is 2.38. The molecule has 1 aromatic heterocycles. The fourth-order valence-corrected chi connectivity index (χ4v) is 6.33. The predicted molar refractivity (Wildman–Crippen MR) is 117 cm³/mol. The van der Waals surface area contributed by atoms with Crippen molar-refractivity contribution in [3.05, 3.63) is 76.0 Å². The van der Waals surface area contributed by atoms with Gasteiger partial charge in [0.2, 0.25) is 15.9 Å². The van der Waals surface area contributed by atoms with Gasteiger partial charge in [-0.15, -0.1) is 11.3 Å². The first-order chi connectivity index (χ1) is 14.4. The van der Waals surface area contributed by atoms with Crippen LogP contribution in [0.15, 0.2) is 64.9 Å². The van der Waals surface area contributed by atoms with Crippen LogP contribution in [0.3, 0.4) is 0 Å². The Morgan fingerprint density at radius 3 is 2.63 bits per heavy atom. The molecule has 1 amide bonds. The number of hydrogen-bond donors (Lipinski definition) is 1. The van der Waals surface area contributed by atoms with Gasteiger partial charge in [0.1, 0.15) is 5.75 Å². The summed E-state index contributed by atoms with van der Waals surface area (Å²) in [6.07, 6.45) is 0.671. The first-order valence-corrected chi connectivity index (χ1v) is 11.8. The topological polar surface area (TPSA) is 75.7 Å². The van der Waals surface area contributed by atoms with E-state index in [-0.39, 0.29) is 10.8 Å². The van der Waals surface area contributed by atoms with E-state index in [4.69, 9.17) is 4.74 Å². The lowest BCUT2D eigenvalue weighted by molar-refractivity contribution is -0.114. The van der Waals surface area contributed by atoms with Crippen LogP contribution in [0.25, 0.3) is 0 Å². The van der Waals surface area contributed by atoms with Gasteiger partial charge in [-0.2, -0.15) is 4.31 Å². The number of thiophene rings is 1.